The molecule has 0 heterocycles. The number of allylic oxidation sites excluding steroid dienone is 2. The molecular formula is C29H48O2. The second kappa shape index (κ2) is 8.00. The number of Topliss-reactive ketones (excluding diaryl/α,β-unsaturated/α-hetero) is 1. The molecule has 2 heteroatoms. The fourth-order valence-electron chi connectivity index (χ4n) is 9.16. The van der Waals surface area contributed by atoms with E-state index in [4.69, 9.17) is 0 Å². The zero-order valence-electron chi connectivity index (χ0n) is 21.3. The quantitative estimate of drug-likeness (QED) is 0.470. The zero-order chi connectivity index (χ0) is 22.8. The Bertz CT molecular complexity index is 733. The third-order valence-electron chi connectivity index (χ3n) is 11.2. The summed E-state index contributed by atoms with van der Waals surface area (Å²) >= 11 is 0. The molecule has 3 saturated carbocycles. The summed E-state index contributed by atoms with van der Waals surface area (Å²) in [5.74, 6) is 4.73. The minimum Gasteiger partial charge on any atom is -0.393 e. The van der Waals surface area contributed by atoms with Gasteiger partial charge in [0, 0.05) is 11.8 Å². The van der Waals surface area contributed by atoms with E-state index in [-0.39, 0.29) is 16.9 Å². The molecule has 0 spiro atoms. The lowest BCUT2D eigenvalue weighted by atomic mass is 9.44. The van der Waals surface area contributed by atoms with Crippen molar-refractivity contribution < 1.29 is 9.90 Å². The van der Waals surface area contributed by atoms with Crippen LogP contribution in [0.4, 0.5) is 0 Å². The average molecular weight is 429 g/mol. The van der Waals surface area contributed by atoms with E-state index in [0.717, 1.165) is 42.9 Å². The summed E-state index contributed by atoms with van der Waals surface area (Å²) < 4.78 is 0. The maximum atomic E-state index is 12.7. The van der Waals surface area contributed by atoms with E-state index in [1.54, 1.807) is 0 Å². The van der Waals surface area contributed by atoms with Crippen LogP contribution in [0, 0.1) is 51.8 Å². The van der Waals surface area contributed by atoms with Gasteiger partial charge in [0.2, 0.25) is 0 Å². The van der Waals surface area contributed by atoms with E-state index in [9.17, 15) is 9.90 Å². The van der Waals surface area contributed by atoms with Crippen LogP contribution in [-0.2, 0) is 4.79 Å². The summed E-state index contributed by atoms with van der Waals surface area (Å²) in [5.41, 5.74) is 1.91. The van der Waals surface area contributed by atoms with E-state index < -0.39 is 0 Å². The molecule has 4 aliphatic rings. The summed E-state index contributed by atoms with van der Waals surface area (Å²) in [7, 11) is 0. The van der Waals surface area contributed by atoms with E-state index in [0.29, 0.717) is 23.0 Å². The summed E-state index contributed by atoms with van der Waals surface area (Å²) in [6.07, 6.45) is 13.0. The monoisotopic (exact) mass is 428 g/mol. The molecule has 0 aromatic carbocycles. The van der Waals surface area contributed by atoms with Gasteiger partial charge in [0.05, 0.1) is 6.10 Å². The van der Waals surface area contributed by atoms with E-state index in [1.165, 1.54) is 44.1 Å². The van der Waals surface area contributed by atoms with Crippen LogP contribution in [0.2, 0.25) is 0 Å². The van der Waals surface area contributed by atoms with Gasteiger partial charge >= 0.3 is 0 Å². The first-order chi connectivity index (χ1) is 14.4. The Kier molecular flexibility index (Phi) is 6.07. The largest absolute Gasteiger partial charge is 0.393 e. The molecule has 3 fully saturated rings. The van der Waals surface area contributed by atoms with Crippen LogP contribution in [-0.4, -0.2) is 17.0 Å². The molecule has 4 aliphatic carbocycles. The molecule has 0 aromatic rings. The second-order valence-corrected chi connectivity index (χ2v) is 13.3. The standard InChI is InChI=1S/C29H48O2/c1-18(2)24(30)12-8-19(3)21-10-11-22-20-9-13-25-27(4,5)26(31)15-17-29(25,7)23(20)14-16-28(21,22)6/h13,18-24,30H,8-12,14-17H2,1-7H3/t19-,20+,21-,22+,23+,24-,28-,29-/m1/s1. The highest BCUT2D eigenvalue weighted by molar-refractivity contribution is 5.89. The molecular weight excluding hydrogens is 380 g/mol. The van der Waals surface area contributed by atoms with Gasteiger partial charge in [-0.1, -0.05) is 46.3 Å². The first kappa shape index (κ1) is 23.5. The van der Waals surface area contributed by atoms with Gasteiger partial charge in [-0.25, -0.2) is 0 Å². The smallest absolute Gasteiger partial charge is 0.142 e. The topological polar surface area (TPSA) is 37.3 Å². The fourth-order valence-corrected chi connectivity index (χ4v) is 9.16. The molecule has 1 N–H and O–H groups in total. The first-order valence-electron chi connectivity index (χ1n) is 13.4. The van der Waals surface area contributed by atoms with Crippen LogP contribution >= 0.6 is 0 Å². The number of aliphatic hydroxyl groups excluding tert-OH is 1. The molecule has 0 bridgehead atoms. The normalized spacial score (nSPS) is 43.6. The van der Waals surface area contributed by atoms with Gasteiger partial charge in [-0.2, -0.15) is 0 Å². The minimum atomic E-state index is -0.261. The van der Waals surface area contributed by atoms with Crippen LogP contribution < -0.4 is 0 Å². The molecule has 4 rings (SSSR count). The van der Waals surface area contributed by atoms with Crippen molar-refractivity contribution in [3.8, 4) is 0 Å². The minimum absolute atomic E-state index is 0.151. The molecule has 0 unspecified atom stereocenters. The van der Waals surface area contributed by atoms with Gasteiger partial charge in [0.1, 0.15) is 5.78 Å². The summed E-state index contributed by atoms with van der Waals surface area (Å²) in [6, 6.07) is 0. The van der Waals surface area contributed by atoms with Crippen LogP contribution in [0.5, 0.6) is 0 Å². The number of carbonyl (C=O) groups is 1. The zero-order valence-corrected chi connectivity index (χ0v) is 21.3. The maximum absolute atomic E-state index is 12.7. The van der Waals surface area contributed by atoms with Gasteiger partial charge in [-0.05, 0) is 112 Å². The number of carbonyl (C=O) groups excluding carboxylic acids is 1. The van der Waals surface area contributed by atoms with Crippen molar-refractivity contribution in [2.75, 3.05) is 0 Å². The molecule has 0 saturated heterocycles. The Labute approximate surface area is 191 Å². The number of rotatable bonds is 5. The number of ketones is 1. The highest BCUT2D eigenvalue weighted by Crippen LogP contribution is 2.68. The fraction of sp³-hybridized carbons (Fsp3) is 0.897. The molecule has 0 radical (unpaired) electrons. The van der Waals surface area contributed by atoms with Crippen LogP contribution in [0.3, 0.4) is 0 Å². The molecule has 0 aromatic heterocycles. The molecule has 2 nitrogen and oxygen atoms in total. The van der Waals surface area contributed by atoms with Crippen LogP contribution in [0.1, 0.15) is 106 Å². The molecule has 0 amide bonds. The van der Waals surface area contributed by atoms with Crippen molar-refractivity contribution in [3.63, 3.8) is 0 Å². The number of hydrogen-bond acceptors (Lipinski definition) is 2. The van der Waals surface area contributed by atoms with E-state index in [1.807, 2.05) is 0 Å². The summed E-state index contributed by atoms with van der Waals surface area (Å²) in [6.45, 7) is 16.2. The number of hydrogen-bond donors (Lipinski definition) is 1. The van der Waals surface area contributed by atoms with Gasteiger partial charge in [-0.15, -0.1) is 0 Å². The lowest BCUT2D eigenvalue weighted by molar-refractivity contribution is -0.132. The summed E-state index contributed by atoms with van der Waals surface area (Å²) in [5, 5.41) is 10.3. The average Bonchev–Trinajstić information content (AvgIpc) is 3.06. The Balaban J connectivity index is 1.54. The van der Waals surface area contributed by atoms with Crippen LogP contribution in [0.15, 0.2) is 11.6 Å². The van der Waals surface area contributed by atoms with Crippen molar-refractivity contribution in [2.24, 2.45) is 51.8 Å². The number of aliphatic hydroxyl groups is 1. The first-order valence-corrected chi connectivity index (χ1v) is 13.4. The lowest BCUT2D eigenvalue weighted by Crippen LogP contribution is -2.53. The Morgan fingerprint density at radius 1 is 1.00 bits per heavy atom. The Morgan fingerprint density at radius 2 is 1.71 bits per heavy atom. The summed E-state index contributed by atoms with van der Waals surface area (Å²) in [4.78, 5) is 12.7. The predicted molar refractivity (Wildman–Crippen MR) is 129 cm³/mol. The maximum Gasteiger partial charge on any atom is 0.142 e. The third kappa shape index (κ3) is 3.58. The second-order valence-electron chi connectivity index (χ2n) is 13.3. The van der Waals surface area contributed by atoms with Gasteiger partial charge in [-0.3, -0.25) is 4.79 Å². The molecule has 8 atom stereocenters. The van der Waals surface area contributed by atoms with Crippen molar-refractivity contribution in [1.29, 1.82) is 0 Å². The van der Waals surface area contributed by atoms with E-state index >= 15 is 0 Å². The van der Waals surface area contributed by atoms with Crippen molar-refractivity contribution in [3.05, 3.63) is 11.6 Å². The lowest BCUT2D eigenvalue weighted by Gasteiger charge is -2.60. The van der Waals surface area contributed by atoms with Gasteiger partial charge < -0.3 is 5.11 Å². The highest BCUT2D eigenvalue weighted by atomic mass is 16.3. The van der Waals surface area contributed by atoms with Crippen LogP contribution in [0.25, 0.3) is 0 Å². The van der Waals surface area contributed by atoms with Gasteiger partial charge in [0.15, 0.2) is 0 Å². The van der Waals surface area contributed by atoms with E-state index in [2.05, 4.69) is 54.5 Å². The molecule has 31 heavy (non-hydrogen) atoms. The number of fused-ring (bicyclic) bond motifs is 5. The van der Waals surface area contributed by atoms with Gasteiger partial charge in [0.25, 0.3) is 0 Å². The Hall–Kier alpha value is -0.630. The SMILES string of the molecule is CC(C)[C@H](O)CC[C@@H](C)[C@H]1CC[C@H]2[C@@H]3CC=C4C(C)(C)C(=O)CC[C@]4(C)[C@H]3CC[C@]12C. The molecule has 0 aliphatic heterocycles. The van der Waals surface area contributed by atoms with Crippen molar-refractivity contribution >= 4 is 5.78 Å². The highest BCUT2D eigenvalue weighted by Gasteiger charge is 2.61. The third-order valence-corrected chi connectivity index (χ3v) is 11.2. The van der Waals surface area contributed by atoms with Crippen molar-refractivity contribution in [1.82, 2.24) is 0 Å². The Morgan fingerprint density at radius 3 is 2.39 bits per heavy atom. The van der Waals surface area contributed by atoms with Crippen molar-refractivity contribution in [2.45, 2.75) is 112 Å². The molecule has 176 valence electrons. The predicted octanol–water partition coefficient (Wildman–Crippen LogP) is 7.20.